The Morgan fingerprint density at radius 1 is 1.17 bits per heavy atom. The number of benzene rings is 2. The molecule has 0 saturated heterocycles. The van der Waals surface area contributed by atoms with Crippen LogP contribution in [-0.4, -0.2) is 0 Å². The van der Waals surface area contributed by atoms with E-state index in [1.807, 2.05) is 0 Å². The molecule has 0 spiro atoms. The Morgan fingerprint density at radius 3 is 2.61 bits per heavy atom. The number of hydrogen-bond donors (Lipinski definition) is 0. The van der Waals surface area contributed by atoms with Gasteiger partial charge in [0.05, 0.1) is 5.02 Å². The number of rotatable bonds is 3. The van der Waals surface area contributed by atoms with Crippen LogP contribution in [0.25, 0.3) is 0 Å². The summed E-state index contributed by atoms with van der Waals surface area (Å²) >= 11 is 9.03. The van der Waals surface area contributed by atoms with Gasteiger partial charge in [-0.2, -0.15) is 0 Å². The van der Waals surface area contributed by atoms with Crippen molar-refractivity contribution in [2.24, 2.45) is 0 Å². The molecule has 0 radical (unpaired) electrons. The van der Waals surface area contributed by atoms with Crippen molar-refractivity contribution in [3.63, 3.8) is 0 Å². The van der Waals surface area contributed by atoms with Crippen molar-refractivity contribution in [2.45, 2.75) is 6.61 Å². The van der Waals surface area contributed by atoms with Crippen molar-refractivity contribution in [3.8, 4) is 5.75 Å². The summed E-state index contributed by atoms with van der Waals surface area (Å²) in [5, 5.41) is 0.202. The zero-order valence-electron chi connectivity index (χ0n) is 9.09. The van der Waals surface area contributed by atoms with Crippen molar-refractivity contribution in [1.82, 2.24) is 0 Å². The van der Waals surface area contributed by atoms with E-state index in [1.54, 1.807) is 12.1 Å². The molecule has 0 atom stereocenters. The Hall–Kier alpha value is -1.13. The lowest BCUT2D eigenvalue weighted by Gasteiger charge is -2.10. The van der Waals surface area contributed by atoms with Crippen molar-refractivity contribution in [1.29, 1.82) is 0 Å². The largest absolute Gasteiger partial charge is 0.484 e. The summed E-state index contributed by atoms with van der Waals surface area (Å²) in [5.74, 6) is -0.884. The van der Waals surface area contributed by atoms with Gasteiger partial charge >= 0.3 is 0 Å². The highest BCUT2D eigenvalue weighted by molar-refractivity contribution is 9.10. The van der Waals surface area contributed by atoms with E-state index < -0.39 is 5.82 Å². The molecule has 0 fully saturated rings. The lowest BCUT2D eigenvalue weighted by molar-refractivity contribution is 0.289. The van der Waals surface area contributed by atoms with Gasteiger partial charge in [0.2, 0.25) is 0 Å². The number of halogens is 4. The van der Waals surface area contributed by atoms with Crippen LogP contribution in [0.15, 0.2) is 40.9 Å². The van der Waals surface area contributed by atoms with Crippen LogP contribution < -0.4 is 4.74 Å². The molecule has 2 rings (SSSR count). The van der Waals surface area contributed by atoms with Crippen LogP contribution >= 0.6 is 27.5 Å². The van der Waals surface area contributed by atoms with Gasteiger partial charge in [-0.25, -0.2) is 8.78 Å². The van der Waals surface area contributed by atoms with E-state index in [4.69, 9.17) is 16.3 Å². The minimum atomic E-state index is -0.527. The molecular formula is C13H8BrClF2O. The van der Waals surface area contributed by atoms with E-state index in [0.717, 1.165) is 0 Å². The fourth-order valence-corrected chi connectivity index (χ4v) is 2.09. The second-order valence-electron chi connectivity index (χ2n) is 3.58. The van der Waals surface area contributed by atoms with Crippen LogP contribution in [0.2, 0.25) is 5.02 Å². The van der Waals surface area contributed by atoms with Crippen LogP contribution in [0, 0.1) is 11.6 Å². The van der Waals surface area contributed by atoms with Gasteiger partial charge in [-0.3, -0.25) is 0 Å². The highest BCUT2D eigenvalue weighted by atomic mass is 79.9. The highest BCUT2D eigenvalue weighted by Gasteiger charge is 2.09. The minimum absolute atomic E-state index is 0.00427. The average Bonchev–Trinajstić information content (AvgIpc) is 2.31. The van der Waals surface area contributed by atoms with E-state index in [0.29, 0.717) is 10.0 Å². The zero-order valence-corrected chi connectivity index (χ0v) is 11.4. The van der Waals surface area contributed by atoms with E-state index in [-0.39, 0.29) is 23.2 Å². The molecule has 0 aliphatic rings. The molecule has 0 unspecified atom stereocenters. The topological polar surface area (TPSA) is 9.23 Å². The summed E-state index contributed by atoms with van der Waals surface area (Å²) < 4.78 is 32.2. The van der Waals surface area contributed by atoms with Gasteiger partial charge in [0.1, 0.15) is 12.4 Å². The standard InChI is InChI=1S/C13H8BrClF2O/c14-10-6-9(16)5-4-8(10)7-18-13-11(15)2-1-3-12(13)17/h1-6H,7H2. The second kappa shape index (κ2) is 5.67. The quantitative estimate of drug-likeness (QED) is 0.771. The first-order valence-electron chi connectivity index (χ1n) is 5.08. The predicted octanol–water partition coefficient (Wildman–Crippen LogP) is 4.96. The van der Waals surface area contributed by atoms with Crippen LogP contribution in [0.4, 0.5) is 8.78 Å². The number of para-hydroxylation sites is 1. The fraction of sp³-hybridized carbons (Fsp3) is 0.0769. The Bertz CT molecular complexity index is 555. The Labute approximate surface area is 116 Å². The summed E-state index contributed by atoms with van der Waals surface area (Å²) in [4.78, 5) is 0. The summed E-state index contributed by atoms with van der Waals surface area (Å²) in [6.45, 7) is 0.0987. The van der Waals surface area contributed by atoms with Gasteiger partial charge in [-0.05, 0) is 24.3 Å². The van der Waals surface area contributed by atoms with Crippen molar-refractivity contribution < 1.29 is 13.5 Å². The van der Waals surface area contributed by atoms with Gasteiger partial charge in [0.25, 0.3) is 0 Å². The maximum Gasteiger partial charge on any atom is 0.174 e. The monoisotopic (exact) mass is 332 g/mol. The molecule has 0 amide bonds. The number of ether oxygens (including phenoxy) is 1. The molecule has 0 aliphatic carbocycles. The lowest BCUT2D eigenvalue weighted by atomic mass is 10.2. The zero-order chi connectivity index (χ0) is 13.1. The predicted molar refractivity (Wildman–Crippen MR) is 69.8 cm³/mol. The van der Waals surface area contributed by atoms with Gasteiger partial charge in [-0.1, -0.05) is 39.7 Å². The molecule has 0 N–H and O–H groups in total. The highest BCUT2D eigenvalue weighted by Crippen LogP contribution is 2.29. The summed E-state index contributed by atoms with van der Waals surface area (Å²) in [7, 11) is 0. The molecule has 0 aliphatic heterocycles. The van der Waals surface area contributed by atoms with Gasteiger partial charge in [0, 0.05) is 10.0 Å². The lowest BCUT2D eigenvalue weighted by Crippen LogP contribution is -1.99. The van der Waals surface area contributed by atoms with Crippen LogP contribution in [0.3, 0.4) is 0 Å². The summed E-state index contributed by atoms with van der Waals surface area (Å²) in [5.41, 5.74) is 0.704. The van der Waals surface area contributed by atoms with Crippen molar-refractivity contribution >= 4 is 27.5 Å². The summed E-state index contributed by atoms with van der Waals surface area (Å²) in [6.07, 6.45) is 0. The molecule has 1 nitrogen and oxygen atoms in total. The third kappa shape index (κ3) is 3.00. The van der Waals surface area contributed by atoms with Crippen LogP contribution in [0.5, 0.6) is 5.75 Å². The Balaban J connectivity index is 2.16. The first kappa shape index (κ1) is 13.3. The molecule has 18 heavy (non-hydrogen) atoms. The molecule has 0 aromatic heterocycles. The Kier molecular flexibility index (Phi) is 4.19. The second-order valence-corrected chi connectivity index (χ2v) is 4.84. The van der Waals surface area contributed by atoms with E-state index >= 15 is 0 Å². The van der Waals surface area contributed by atoms with Gasteiger partial charge in [0.15, 0.2) is 11.6 Å². The molecule has 0 bridgehead atoms. The number of hydrogen-bond acceptors (Lipinski definition) is 1. The first-order chi connectivity index (χ1) is 8.58. The SMILES string of the molecule is Fc1ccc(COc2c(F)cccc2Cl)c(Br)c1. The van der Waals surface area contributed by atoms with E-state index in [2.05, 4.69) is 15.9 Å². The molecule has 0 heterocycles. The minimum Gasteiger partial charge on any atom is -0.484 e. The maximum absolute atomic E-state index is 13.4. The van der Waals surface area contributed by atoms with E-state index in [1.165, 1.54) is 24.3 Å². The summed E-state index contributed by atoms with van der Waals surface area (Å²) in [6, 6.07) is 8.50. The maximum atomic E-state index is 13.4. The average molecular weight is 334 g/mol. The molecule has 94 valence electrons. The molecule has 5 heteroatoms. The first-order valence-corrected chi connectivity index (χ1v) is 6.26. The molecular weight excluding hydrogens is 325 g/mol. The smallest absolute Gasteiger partial charge is 0.174 e. The van der Waals surface area contributed by atoms with E-state index in [9.17, 15) is 8.78 Å². The molecule has 2 aromatic carbocycles. The normalized spacial score (nSPS) is 10.4. The van der Waals surface area contributed by atoms with Crippen LogP contribution in [-0.2, 0) is 6.61 Å². The fourth-order valence-electron chi connectivity index (χ4n) is 1.41. The van der Waals surface area contributed by atoms with Crippen LogP contribution in [0.1, 0.15) is 5.56 Å². The molecule has 2 aromatic rings. The third-order valence-electron chi connectivity index (χ3n) is 2.31. The van der Waals surface area contributed by atoms with Gasteiger partial charge < -0.3 is 4.74 Å². The molecule has 0 saturated carbocycles. The Morgan fingerprint density at radius 2 is 1.94 bits per heavy atom. The van der Waals surface area contributed by atoms with Crippen molar-refractivity contribution in [3.05, 3.63) is 63.1 Å². The van der Waals surface area contributed by atoms with Crippen molar-refractivity contribution in [2.75, 3.05) is 0 Å². The third-order valence-corrected chi connectivity index (χ3v) is 3.34. The van der Waals surface area contributed by atoms with Gasteiger partial charge in [-0.15, -0.1) is 0 Å².